The van der Waals surface area contributed by atoms with Crippen LogP contribution in [0.15, 0.2) is 11.8 Å². The molecule has 6 heteroatoms. The fraction of sp³-hybridized carbons (Fsp3) is 0.826. The largest absolute Gasteiger partial charge is 0.498 e. The van der Waals surface area contributed by atoms with E-state index in [9.17, 15) is 14.7 Å². The van der Waals surface area contributed by atoms with Crippen LogP contribution < -0.4 is 0 Å². The Kier molecular flexibility index (Phi) is 4.06. The molecule has 0 spiro atoms. The molecule has 6 bridgehead atoms. The quantitative estimate of drug-likeness (QED) is 0.305. The van der Waals surface area contributed by atoms with Crippen LogP contribution in [0.4, 0.5) is 0 Å². The number of carboxylic acids is 1. The number of hydrogen-bond donors (Lipinski definition) is 1. The molecule has 5 atom stereocenters. The van der Waals surface area contributed by atoms with Gasteiger partial charge in [-0.25, -0.2) is 4.79 Å². The minimum absolute atomic E-state index is 0.0163. The lowest BCUT2D eigenvalue weighted by Gasteiger charge is -2.56. The summed E-state index contributed by atoms with van der Waals surface area (Å²) in [6, 6.07) is 0. The minimum atomic E-state index is -0.829. The lowest BCUT2D eigenvalue weighted by atomic mass is 9.48. The summed E-state index contributed by atoms with van der Waals surface area (Å²) in [7, 11) is 0. The predicted molar refractivity (Wildman–Crippen MR) is 102 cm³/mol. The van der Waals surface area contributed by atoms with Crippen molar-refractivity contribution >= 4 is 11.9 Å². The minimum Gasteiger partial charge on any atom is -0.498 e. The van der Waals surface area contributed by atoms with Gasteiger partial charge in [0, 0.05) is 11.3 Å². The number of esters is 1. The molecule has 1 saturated heterocycles. The lowest BCUT2D eigenvalue weighted by Crippen LogP contribution is -2.48. The average Bonchev–Trinajstić information content (AvgIpc) is 3.27. The molecule has 0 aromatic heterocycles. The number of aliphatic carboxylic acids is 1. The molecule has 7 fully saturated rings. The van der Waals surface area contributed by atoms with Crippen molar-refractivity contribution in [1.29, 1.82) is 0 Å². The van der Waals surface area contributed by atoms with Crippen molar-refractivity contribution in [2.45, 2.75) is 63.6 Å². The van der Waals surface area contributed by atoms with E-state index in [2.05, 4.69) is 0 Å². The summed E-state index contributed by atoms with van der Waals surface area (Å²) in [6.45, 7) is 0.734. The van der Waals surface area contributed by atoms with Crippen LogP contribution in [0, 0.1) is 40.9 Å². The Morgan fingerprint density at radius 3 is 2.41 bits per heavy atom. The number of carboxylic acid groups (broad SMARTS) is 1. The topological polar surface area (TPSA) is 82.1 Å². The van der Waals surface area contributed by atoms with E-state index in [0.717, 1.165) is 32.1 Å². The van der Waals surface area contributed by atoms with Crippen molar-refractivity contribution in [3.63, 3.8) is 0 Å². The van der Waals surface area contributed by atoms with Gasteiger partial charge in [0.25, 0.3) is 0 Å². The highest BCUT2D eigenvalue weighted by molar-refractivity contribution is 5.88. The van der Waals surface area contributed by atoms with Crippen LogP contribution in [-0.2, 0) is 23.8 Å². The van der Waals surface area contributed by atoms with Gasteiger partial charge in [0.05, 0.1) is 30.5 Å². The highest BCUT2D eigenvalue weighted by atomic mass is 16.6. The van der Waals surface area contributed by atoms with Gasteiger partial charge < -0.3 is 19.3 Å². The van der Waals surface area contributed by atoms with Crippen LogP contribution >= 0.6 is 0 Å². The first-order chi connectivity index (χ1) is 14.0. The van der Waals surface area contributed by atoms with Gasteiger partial charge in [0.1, 0.15) is 12.7 Å². The number of hydrogen-bond acceptors (Lipinski definition) is 5. The van der Waals surface area contributed by atoms with E-state index in [1.165, 1.54) is 25.5 Å². The van der Waals surface area contributed by atoms with E-state index in [4.69, 9.17) is 14.2 Å². The Balaban J connectivity index is 1.06. The fourth-order valence-corrected chi connectivity index (χ4v) is 8.35. The molecule has 29 heavy (non-hydrogen) atoms. The summed E-state index contributed by atoms with van der Waals surface area (Å²) >= 11 is 0. The van der Waals surface area contributed by atoms with E-state index < -0.39 is 5.97 Å². The van der Waals surface area contributed by atoms with Gasteiger partial charge in [0.15, 0.2) is 0 Å². The van der Waals surface area contributed by atoms with E-state index in [1.54, 1.807) is 0 Å². The van der Waals surface area contributed by atoms with E-state index in [1.807, 2.05) is 0 Å². The first-order valence-corrected chi connectivity index (χ1v) is 11.4. The van der Waals surface area contributed by atoms with Gasteiger partial charge in [-0.05, 0) is 75.0 Å². The van der Waals surface area contributed by atoms with Crippen LogP contribution in [0.25, 0.3) is 0 Å². The molecule has 0 aromatic rings. The molecular formula is C23H30O6. The molecular weight excluding hydrogens is 372 g/mol. The van der Waals surface area contributed by atoms with Crippen molar-refractivity contribution in [1.82, 2.24) is 0 Å². The summed E-state index contributed by atoms with van der Waals surface area (Å²) < 4.78 is 17.3. The smallest absolute Gasteiger partial charge is 0.335 e. The first kappa shape index (κ1) is 18.2. The molecule has 0 amide bonds. The molecule has 5 unspecified atom stereocenters. The fourth-order valence-electron chi connectivity index (χ4n) is 8.35. The predicted octanol–water partition coefficient (Wildman–Crippen LogP) is 3.15. The maximum absolute atomic E-state index is 12.1. The van der Waals surface area contributed by atoms with Crippen LogP contribution in [0.3, 0.4) is 0 Å². The second kappa shape index (κ2) is 6.47. The molecule has 7 aliphatic rings. The van der Waals surface area contributed by atoms with Gasteiger partial charge in [0.2, 0.25) is 0 Å². The highest BCUT2D eigenvalue weighted by Crippen LogP contribution is 2.62. The third kappa shape index (κ3) is 2.77. The summed E-state index contributed by atoms with van der Waals surface area (Å²) in [4.78, 5) is 23.9. The molecule has 1 aliphatic heterocycles. The third-order valence-corrected chi connectivity index (χ3v) is 8.97. The van der Waals surface area contributed by atoms with Gasteiger partial charge in [-0.1, -0.05) is 0 Å². The van der Waals surface area contributed by atoms with Gasteiger partial charge in [-0.2, -0.15) is 0 Å². The second-order valence-corrected chi connectivity index (χ2v) is 10.6. The van der Waals surface area contributed by atoms with Crippen molar-refractivity contribution in [3.05, 3.63) is 11.8 Å². The Hall–Kier alpha value is -1.56. The van der Waals surface area contributed by atoms with Crippen LogP contribution in [0.1, 0.15) is 51.4 Å². The number of fused-ring (bicyclic) bond motifs is 1. The maximum atomic E-state index is 12.1. The standard InChI is InChI=1S/C23H30O6/c24-21(25)18(23-8-12-3-13(9-23)5-14(4-12)10-23)11-27-1-2-28-19-15-6-16-17(7-15)22(26)29-20(16)19/h11-17,19-20H,1-10H2,(H,24,25). The Morgan fingerprint density at radius 1 is 1.07 bits per heavy atom. The first-order valence-electron chi connectivity index (χ1n) is 11.4. The molecule has 1 heterocycles. The van der Waals surface area contributed by atoms with Crippen LogP contribution in [0.5, 0.6) is 0 Å². The molecule has 6 saturated carbocycles. The number of rotatable bonds is 7. The Labute approximate surface area is 171 Å². The third-order valence-electron chi connectivity index (χ3n) is 8.97. The summed E-state index contributed by atoms with van der Waals surface area (Å²) in [5, 5.41) is 9.90. The normalized spacial score (nSPS) is 49.0. The number of carbonyl (C=O) groups is 2. The Bertz CT molecular complexity index is 721. The van der Waals surface area contributed by atoms with Crippen LogP contribution in [0.2, 0.25) is 0 Å². The summed E-state index contributed by atoms with van der Waals surface area (Å²) in [5.41, 5.74) is 0.295. The monoisotopic (exact) mass is 402 g/mol. The van der Waals surface area contributed by atoms with Gasteiger partial charge in [-0.15, -0.1) is 0 Å². The highest BCUT2D eigenvalue weighted by Gasteiger charge is 2.62. The molecule has 1 N–H and O–H groups in total. The molecule has 7 rings (SSSR count). The second-order valence-electron chi connectivity index (χ2n) is 10.6. The van der Waals surface area contributed by atoms with E-state index >= 15 is 0 Å². The number of carbonyl (C=O) groups excluding carboxylic acids is 1. The maximum Gasteiger partial charge on any atom is 0.335 e. The van der Waals surface area contributed by atoms with Gasteiger partial charge >= 0.3 is 11.9 Å². The SMILES string of the molecule is O=C(O)C(=COCCOC1C2CC3C(=O)OC1C3C2)C12CC3CC(CC(C3)C1)C2. The van der Waals surface area contributed by atoms with Crippen LogP contribution in [-0.4, -0.2) is 42.5 Å². The van der Waals surface area contributed by atoms with Gasteiger partial charge in [-0.3, -0.25) is 4.79 Å². The molecule has 0 aromatic carbocycles. The zero-order valence-electron chi connectivity index (χ0n) is 16.8. The van der Waals surface area contributed by atoms with Crippen molar-refractivity contribution in [2.75, 3.05) is 13.2 Å². The van der Waals surface area contributed by atoms with Crippen molar-refractivity contribution in [3.8, 4) is 0 Å². The van der Waals surface area contributed by atoms with Crippen molar-refractivity contribution < 1.29 is 28.9 Å². The Morgan fingerprint density at radius 2 is 1.76 bits per heavy atom. The van der Waals surface area contributed by atoms with Crippen molar-refractivity contribution in [2.24, 2.45) is 40.9 Å². The summed E-state index contributed by atoms with van der Waals surface area (Å²) in [6.07, 6.45) is 10.2. The lowest BCUT2D eigenvalue weighted by molar-refractivity contribution is -0.147. The van der Waals surface area contributed by atoms with E-state index in [-0.39, 0.29) is 29.5 Å². The molecule has 6 aliphatic carbocycles. The molecule has 0 radical (unpaired) electrons. The molecule has 6 nitrogen and oxygen atoms in total. The summed E-state index contributed by atoms with van der Waals surface area (Å²) in [5.74, 6) is 2.07. The van der Waals surface area contributed by atoms with E-state index in [0.29, 0.717) is 48.4 Å². The number of ether oxygens (including phenoxy) is 3. The molecule has 158 valence electrons. The zero-order chi connectivity index (χ0) is 19.8. The average molecular weight is 402 g/mol. The zero-order valence-corrected chi connectivity index (χ0v) is 16.8.